The number of carbonyl (C=O) groups excluding carboxylic acids is 1. The van der Waals surface area contributed by atoms with Gasteiger partial charge in [-0.2, -0.15) is 0 Å². The van der Waals surface area contributed by atoms with E-state index < -0.39 is 0 Å². The van der Waals surface area contributed by atoms with E-state index in [1.165, 1.54) is 0 Å². The fourth-order valence-electron chi connectivity index (χ4n) is 2.28. The second kappa shape index (κ2) is 8.00. The van der Waals surface area contributed by atoms with Crippen molar-refractivity contribution in [3.05, 3.63) is 23.8 Å². The summed E-state index contributed by atoms with van der Waals surface area (Å²) in [5.74, 6) is 1.41. The van der Waals surface area contributed by atoms with Crippen LogP contribution in [0, 0.1) is 0 Å². The molecule has 0 spiro atoms. The van der Waals surface area contributed by atoms with E-state index in [9.17, 15) is 4.79 Å². The number of hydrogen-bond acceptors (Lipinski definition) is 5. The van der Waals surface area contributed by atoms with Crippen LogP contribution in [-0.2, 0) is 4.74 Å². The zero-order chi connectivity index (χ0) is 15.1. The minimum absolute atomic E-state index is 0.0981. The summed E-state index contributed by atoms with van der Waals surface area (Å²) < 4.78 is 16.4. The third-order valence-corrected chi connectivity index (χ3v) is 3.34. The van der Waals surface area contributed by atoms with Gasteiger partial charge in [0.25, 0.3) is 0 Å². The zero-order valence-corrected chi connectivity index (χ0v) is 12.8. The maximum atomic E-state index is 12.4. The van der Waals surface area contributed by atoms with Crippen molar-refractivity contribution < 1.29 is 19.0 Å². The number of benzene rings is 1. The van der Waals surface area contributed by atoms with E-state index in [2.05, 4.69) is 4.90 Å². The quantitative estimate of drug-likeness (QED) is 0.720. The topological polar surface area (TPSA) is 48.0 Å². The number of rotatable bonds is 7. The lowest BCUT2D eigenvalue weighted by Gasteiger charge is -2.25. The molecule has 5 nitrogen and oxygen atoms in total. The monoisotopic (exact) mass is 293 g/mol. The highest BCUT2D eigenvalue weighted by molar-refractivity contribution is 5.98. The summed E-state index contributed by atoms with van der Waals surface area (Å²) in [5.41, 5.74) is 0.661. The SMILES string of the molecule is CCOc1ccc(C(=O)CN2CCOCC2)cc1OCC. The standard InChI is InChI=1S/C16H23NO4/c1-3-20-15-6-5-13(11-16(15)21-4-2)14(18)12-17-7-9-19-10-8-17/h5-6,11H,3-4,7-10,12H2,1-2H3. The summed E-state index contributed by atoms with van der Waals surface area (Å²) in [5, 5.41) is 0. The van der Waals surface area contributed by atoms with Gasteiger partial charge in [-0.25, -0.2) is 0 Å². The van der Waals surface area contributed by atoms with Crippen molar-refractivity contribution >= 4 is 5.78 Å². The van der Waals surface area contributed by atoms with Crippen molar-refractivity contribution in [2.24, 2.45) is 0 Å². The number of morpholine rings is 1. The van der Waals surface area contributed by atoms with Crippen molar-refractivity contribution in [2.75, 3.05) is 46.1 Å². The molecular formula is C16H23NO4. The summed E-state index contributed by atoms with van der Waals surface area (Å²) >= 11 is 0. The molecule has 1 aromatic carbocycles. The molecule has 2 rings (SSSR count). The molecule has 1 aliphatic rings. The van der Waals surface area contributed by atoms with Gasteiger partial charge in [0.15, 0.2) is 17.3 Å². The predicted octanol–water partition coefficient (Wildman–Crippen LogP) is 2.00. The van der Waals surface area contributed by atoms with Gasteiger partial charge < -0.3 is 14.2 Å². The molecule has 0 unspecified atom stereocenters. The van der Waals surface area contributed by atoms with Crippen LogP contribution in [0.1, 0.15) is 24.2 Å². The van der Waals surface area contributed by atoms with Crippen molar-refractivity contribution in [1.29, 1.82) is 0 Å². The van der Waals surface area contributed by atoms with Gasteiger partial charge in [0.05, 0.1) is 33.0 Å². The van der Waals surface area contributed by atoms with Crippen LogP contribution >= 0.6 is 0 Å². The summed E-state index contributed by atoms with van der Waals surface area (Å²) in [6, 6.07) is 5.38. The van der Waals surface area contributed by atoms with Gasteiger partial charge in [0, 0.05) is 18.7 Å². The van der Waals surface area contributed by atoms with Crippen molar-refractivity contribution in [3.63, 3.8) is 0 Å². The Bertz CT molecular complexity index is 469. The molecule has 5 heteroatoms. The van der Waals surface area contributed by atoms with Crippen LogP contribution in [0.4, 0.5) is 0 Å². The van der Waals surface area contributed by atoms with Crippen LogP contribution in [0.5, 0.6) is 11.5 Å². The Morgan fingerprint density at radius 2 is 1.81 bits per heavy atom. The summed E-state index contributed by atoms with van der Waals surface area (Å²) in [4.78, 5) is 14.5. The van der Waals surface area contributed by atoms with E-state index in [1.54, 1.807) is 18.2 Å². The Morgan fingerprint density at radius 3 is 2.48 bits per heavy atom. The van der Waals surface area contributed by atoms with Crippen molar-refractivity contribution in [3.8, 4) is 11.5 Å². The van der Waals surface area contributed by atoms with Gasteiger partial charge >= 0.3 is 0 Å². The summed E-state index contributed by atoms with van der Waals surface area (Å²) in [7, 11) is 0. The third-order valence-electron chi connectivity index (χ3n) is 3.34. The fraction of sp³-hybridized carbons (Fsp3) is 0.562. The first-order chi connectivity index (χ1) is 10.2. The molecule has 0 radical (unpaired) electrons. The van der Waals surface area contributed by atoms with Crippen LogP contribution in [-0.4, -0.2) is 56.7 Å². The van der Waals surface area contributed by atoms with Crippen LogP contribution in [0.3, 0.4) is 0 Å². The van der Waals surface area contributed by atoms with E-state index in [4.69, 9.17) is 14.2 Å². The number of ether oxygens (including phenoxy) is 3. The molecule has 1 aromatic rings. The highest BCUT2D eigenvalue weighted by Gasteiger charge is 2.17. The van der Waals surface area contributed by atoms with Gasteiger partial charge in [-0.1, -0.05) is 0 Å². The van der Waals surface area contributed by atoms with Gasteiger partial charge in [-0.3, -0.25) is 9.69 Å². The molecule has 0 saturated carbocycles. The number of nitrogens with zero attached hydrogens (tertiary/aromatic N) is 1. The van der Waals surface area contributed by atoms with Crippen molar-refractivity contribution in [1.82, 2.24) is 4.90 Å². The first kappa shape index (κ1) is 15.8. The smallest absolute Gasteiger partial charge is 0.176 e. The zero-order valence-electron chi connectivity index (χ0n) is 12.8. The summed E-state index contributed by atoms with van der Waals surface area (Å²) in [6.07, 6.45) is 0. The Hall–Kier alpha value is -1.59. The molecule has 1 heterocycles. The number of Topliss-reactive ketones (excluding diaryl/α,β-unsaturated/α-hetero) is 1. The molecule has 0 N–H and O–H groups in total. The van der Waals surface area contributed by atoms with Gasteiger partial charge in [-0.15, -0.1) is 0 Å². The highest BCUT2D eigenvalue weighted by Crippen LogP contribution is 2.28. The minimum Gasteiger partial charge on any atom is -0.490 e. The molecule has 21 heavy (non-hydrogen) atoms. The van der Waals surface area contributed by atoms with Crippen molar-refractivity contribution in [2.45, 2.75) is 13.8 Å². The number of carbonyl (C=O) groups is 1. The first-order valence-corrected chi connectivity index (χ1v) is 7.47. The Labute approximate surface area is 125 Å². The Morgan fingerprint density at radius 1 is 1.14 bits per heavy atom. The van der Waals surface area contributed by atoms with E-state index in [1.807, 2.05) is 13.8 Å². The Kier molecular flexibility index (Phi) is 6.02. The molecule has 116 valence electrons. The number of hydrogen-bond donors (Lipinski definition) is 0. The van der Waals surface area contributed by atoms with E-state index in [-0.39, 0.29) is 5.78 Å². The second-order valence-corrected chi connectivity index (χ2v) is 4.84. The van der Waals surface area contributed by atoms with Crippen LogP contribution < -0.4 is 9.47 Å². The summed E-state index contributed by atoms with van der Waals surface area (Å²) in [6.45, 7) is 8.38. The highest BCUT2D eigenvalue weighted by atomic mass is 16.5. The maximum Gasteiger partial charge on any atom is 0.176 e. The lowest BCUT2D eigenvalue weighted by Crippen LogP contribution is -2.39. The van der Waals surface area contributed by atoms with Gasteiger partial charge in [-0.05, 0) is 32.0 Å². The largest absolute Gasteiger partial charge is 0.490 e. The first-order valence-electron chi connectivity index (χ1n) is 7.47. The minimum atomic E-state index is 0.0981. The fourth-order valence-corrected chi connectivity index (χ4v) is 2.28. The van der Waals surface area contributed by atoms with E-state index in [0.29, 0.717) is 50.0 Å². The second-order valence-electron chi connectivity index (χ2n) is 4.84. The average Bonchev–Trinajstić information content (AvgIpc) is 2.50. The van der Waals surface area contributed by atoms with Crippen LogP contribution in [0.2, 0.25) is 0 Å². The molecule has 0 amide bonds. The van der Waals surface area contributed by atoms with Gasteiger partial charge in [0.1, 0.15) is 0 Å². The van der Waals surface area contributed by atoms with Gasteiger partial charge in [0.2, 0.25) is 0 Å². The van der Waals surface area contributed by atoms with Crippen LogP contribution in [0.25, 0.3) is 0 Å². The maximum absolute atomic E-state index is 12.4. The molecule has 0 bridgehead atoms. The molecule has 1 saturated heterocycles. The van der Waals surface area contributed by atoms with Crippen LogP contribution in [0.15, 0.2) is 18.2 Å². The normalized spacial score (nSPS) is 15.7. The third kappa shape index (κ3) is 4.44. The molecule has 0 aliphatic carbocycles. The van der Waals surface area contributed by atoms with E-state index >= 15 is 0 Å². The molecule has 1 aliphatic heterocycles. The lowest BCUT2D eigenvalue weighted by atomic mass is 10.1. The van der Waals surface area contributed by atoms with E-state index in [0.717, 1.165) is 13.1 Å². The molecular weight excluding hydrogens is 270 g/mol. The molecule has 1 fully saturated rings. The molecule has 0 atom stereocenters. The average molecular weight is 293 g/mol. The lowest BCUT2D eigenvalue weighted by molar-refractivity contribution is 0.0371. The Balaban J connectivity index is 2.07. The number of ketones is 1. The predicted molar refractivity (Wildman–Crippen MR) is 80.4 cm³/mol. The molecule has 0 aromatic heterocycles.